The van der Waals surface area contributed by atoms with E-state index in [-0.39, 0.29) is 27.4 Å². The Morgan fingerprint density at radius 1 is 1.30 bits per heavy atom. The molecule has 23 heavy (non-hydrogen) atoms. The zero-order chi connectivity index (χ0) is 16.6. The second-order valence-electron chi connectivity index (χ2n) is 5.49. The molecule has 0 radical (unpaired) electrons. The van der Waals surface area contributed by atoms with E-state index in [0.29, 0.717) is 37.6 Å². The first-order chi connectivity index (χ1) is 11.0. The normalized spacial score (nSPS) is 15.9. The van der Waals surface area contributed by atoms with Gasteiger partial charge in [-0.1, -0.05) is 28.4 Å². The van der Waals surface area contributed by atoms with Gasteiger partial charge in [-0.25, -0.2) is 4.39 Å². The van der Waals surface area contributed by atoms with Crippen LogP contribution in [-0.4, -0.2) is 34.0 Å². The molecule has 8 heteroatoms. The molecule has 1 saturated heterocycles. The van der Waals surface area contributed by atoms with Crippen LogP contribution in [0.25, 0.3) is 0 Å². The number of amides is 1. The summed E-state index contributed by atoms with van der Waals surface area (Å²) in [6.07, 6.45) is 1.42. The van der Waals surface area contributed by atoms with Gasteiger partial charge in [0.1, 0.15) is 5.82 Å². The summed E-state index contributed by atoms with van der Waals surface area (Å²) in [7, 11) is 0. The van der Waals surface area contributed by atoms with Crippen LogP contribution in [0, 0.1) is 12.7 Å². The van der Waals surface area contributed by atoms with Crippen LogP contribution in [0.5, 0.6) is 0 Å². The largest absolute Gasteiger partial charge is 0.339 e. The number of carbonyl (C=O) groups is 1. The highest BCUT2D eigenvalue weighted by Crippen LogP contribution is 2.30. The molecule has 1 fully saturated rings. The van der Waals surface area contributed by atoms with E-state index < -0.39 is 5.82 Å². The fraction of sp³-hybridized carbons (Fsp3) is 0.400. The van der Waals surface area contributed by atoms with E-state index in [1.807, 2.05) is 0 Å². The molecular formula is C15H14Cl2FN3O2. The Kier molecular flexibility index (Phi) is 4.55. The maximum Gasteiger partial charge on any atom is 0.255 e. The van der Waals surface area contributed by atoms with Crippen molar-refractivity contribution in [2.75, 3.05) is 13.1 Å². The van der Waals surface area contributed by atoms with Crippen LogP contribution >= 0.6 is 23.2 Å². The standard InChI is InChI=1S/C15H14Cl2FN3O2/c1-8-19-14(23-20-8)9-2-4-21(5-3-9)15(22)10-6-13(18)12(17)7-11(10)16/h6-7,9H,2-5H2,1H3. The summed E-state index contributed by atoms with van der Waals surface area (Å²) in [4.78, 5) is 18.4. The maximum atomic E-state index is 13.6. The molecule has 122 valence electrons. The summed E-state index contributed by atoms with van der Waals surface area (Å²) in [5.74, 6) is 0.381. The van der Waals surface area contributed by atoms with E-state index in [1.165, 1.54) is 6.07 Å². The molecule has 0 N–H and O–H groups in total. The van der Waals surface area contributed by atoms with Crippen molar-refractivity contribution < 1.29 is 13.7 Å². The van der Waals surface area contributed by atoms with Gasteiger partial charge in [0, 0.05) is 19.0 Å². The Morgan fingerprint density at radius 2 is 2.00 bits per heavy atom. The minimum absolute atomic E-state index is 0.1000. The number of halogens is 3. The average Bonchev–Trinajstić information content (AvgIpc) is 2.97. The number of piperidine rings is 1. The topological polar surface area (TPSA) is 59.2 Å². The highest BCUT2D eigenvalue weighted by Gasteiger charge is 2.28. The van der Waals surface area contributed by atoms with Crippen LogP contribution in [0.15, 0.2) is 16.7 Å². The molecule has 1 aromatic carbocycles. The van der Waals surface area contributed by atoms with E-state index in [2.05, 4.69) is 10.1 Å². The Balaban J connectivity index is 1.70. The van der Waals surface area contributed by atoms with Crippen molar-refractivity contribution in [3.05, 3.63) is 45.3 Å². The van der Waals surface area contributed by atoms with Gasteiger partial charge >= 0.3 is 0 Å². The fourth-order valence-electron chi connectivity index (χ4n) is 2.67. The minimum atomic E-state index is -0.657. The number of rotatable bonds is 2. The molecule has 0 bridgehead atoms. The zero-order valence-corrected chi connectivity index (χ0v) is 13.9. The zero-order valence-electron chi connectivity index (χ0n) is 12.4. The molecule has 1 amide bonds. The van der Waals surface area contributed by atoms with Crippen molar-refractivity contribution in [3.63, 3.8) is 0 Å². The van der Waals surface area contributed by atoms with Crippen molar-refractivity contribution in [2.45, 2.75) is 25.7 Å². The molecule has 1 aromatic heterocycles. The second-order valence-corrected chi connectivity index (χ2v) is 6.31. The molecular weight excluding hydrogens is 344 g/mol. The van der Waals surface area contributed by atoms with Gasteiger partial charge in [-0.2, -0.15) is 4.98 Å². The van der Waals surface area contributed by atoms with Crippen LogP contribution < -0.4 is 0 Å². The van der Waals surface area contributed by atoms with E-state index in [0.717, 1.165) is 6.07 Å². The third kappa shape index (κ3) is 3.33. The number of aryl methyl sites for hydroxylation is 1. The smallest absolute Gasteiger partial charge is 0.255 e. The third-order valence-electron chi connectivity index (χ3n) is 3.92. The van der Waals surface area contributed by atoms with Crippen LogP contribution in [0.4, 0.5) is 4.39 Å². The van der Waals surface area contributed by atoms with Crippen LogP contribution in [-0.2, 0) is 0 Å². The molecule has 0 spiro atoms. The monoisotopic (exact) mass is 357 g/mol. The number of nitrogens with zero attached hydrogens (tertiary/aromatic N) is 3. The summed E-state index contributed by atoms with van der Waals surface area (Å²) in [6, 6.07) is 2.33. The third-order valence-corrected chi connectivity index (χ3v) is 4.52. The lowest BCUT2D eigenvalue weighted by Crippen LogP contribution is -2.38. The molecule has 5 nitrogen and oxygen atoms in total. The predicted molar refractivity (Wildman–Crippen MR) is 83.3 cm³/mol. The maximum absolute atomic E-state index is 13.6. The van der Waals surface area contributed by atoms with Crippen molar-refractivity contribution >= 4 is 29.1 Å². The minimum Gasteiger partial charge on any atom is -0.339 e. The van der Waals surface area contributed by atoms with Crippen molar-refractivity contribution in [1.82, 2.24) is 15.0 Å². The van der Waals surface area contributed by atoms with Gasteiger partial charge in [0.2, 0.25) is 5.89 Å². The van der Waals surface area contributed by atoms with Crippen LogP contribution in [0.1, 0.15) is 40.8 Å². The second kappa shape index (κ2) is 6.45. The summed E-state index contributed by atoms with van der Waals surface area (Å²) < 4.78 is 18.8. The lowest BCUT2D eigenvalue weighted by molar-refractivity contribution is 0.0704. The molecule has 1 aliphatic heterocycles. The van der Waals surface area contributed by atoms with Gasteiger partial charge in [0.05, 0.1) is 15.6 Å². The van der Waals surface area contributed by atoms with E-state index in [1.54, 1.807) is 11.8 Å². The van der Waals surface area contributed by atoms with Gasteiger partial charge in [-0.3, -0.25) is 4.79 Å². The number of hydrogen-bond acceptors (Lipinski definition) is 4. The molecule has 0 atom stereocenters. The van der Waals surface area contributed by atoms with Crippen molar-refractivity contribution in [3.8, 4) is 0 Å². The lowest BCUT2D eigenvalue weighted by Gasteiger charge is -2.30. The average molecular weight is 358 g/mol. The Bertz CT molecular complexity index is 742. The molecule has 0 saturated carbocycles. The van der Waals surface area contributed by atoms with Crippen molar-refractivity contribution in [1.29, 1.82) is 0 Å². The fourth-order valence-corrected chi connectivity index (χ4v) is 3.13. The van der Waals surface area contributed by atoms with E-state index >= 15 is 0 Å². The van der Waals surface area contributed by atoms with Crippen LogP contribution in [0.2, 0.25) is 10.0 Å². The highest BCUT2D eigenvalue weighted by atomic mass is 35.5. The first-order valence-corrected chi connectivity index (χ1v) is 7.95. The number of aromatic nitrogens is 2. The number of hydrogen-bond donors (Lipinski definition) is 0. The molecule has 2 heterocycles. The quantitative estimate of drug-likeness (QED) is 0.766. The lowest BCUT2D eigenvalue weighted by atomic mass is 9.96. The van der Waals surface area contributed by atoms with Crippen molar-refractivity contribution in [2.24, 2.45) is 0 Å². The van der Waals surface area contributed by atoms with Crippen LogP contribution in [0.3, 0.4) is 0 Å². The van der Waals surface area contributed by atoms with Gasteiger partial charge in [-0.15, -0.1) is 0 Å². The first-order valence-electron chi connectivity index (χ1n) is 7.19. The summed E-state index contributed by atoms with van der Waals surface area (Å²) in [5.41, 5.74) is 0.126. The van der Waals surface area contributed by atoms with E-state index in [4.69, 9.17) is 27.7 Å². The van der Waals surface area contributed by atoms with Gasteiger partial charge in [0.25, 0.3) is 5.91 Å². The Morgan fingerprint density at radius 3 is 2.61 bits per heavy atom. The summed E-state index contributed by atoms with van der Waals surface area (Å²) in [6.45, 7) is 2.81. The predicted octanol–water partition coefficient (Wildman–Crippen LogP) is 3.84. The number of likely N-dealkylation sites (tertiary alicyclic amines) is 1. The van der Waals surface area contributed by atoms with Gasteiger partial charge in [0.15, 0.2) is 5.82 Å². The molecule has 0 unspecified atom stereocenters. The molecule has 2 aromatic rings. The van der Waals surface area contributed by atoms with Gasteiger partial charge < -0.3 is 9.42 Å². The Labute approximate surface area is 142 Å². The summed E-state index contributed by atoms with van der Waals surface area (Å²) in [5, 5.41) is 3.83. The first kappa shape index (κ1) is 16.2. The molecule has 3 rings (SSSR count). The van der Waals surface area contributed by atoms with Gasteiger partial charge in [-0.05, 0) is 31.9 Å². The highest BCUT2D eigenvalue weighted by molar-refractivity contribution is 6.36. The summed E-state index contributed by atoms with van der Waals surface area (Å²) >= 11 is 11.7. The molecule has 1 aliphatic rings. The Hall–Kier alpha value is -1.66. The number of carbonyl (C=O) groups excluding carboxylic acids is 1. The number of benzene rings is 1. The molecule has 0 aliphatic carbocycles. The van der Waals surface area contributed by atoms with E-state index in [9.17, 15) is 9.18 Å². The SMILES string of the molecule is Cc1noc(C2CCN(C(=O)c3cc(F)c(Cl)cc3Cl)CC2)n1.